The van der Waals surface area contributed by atoms with Gasteiger partial charge in [0.1, 0.15) is 0 Å². The fourth-order valence-electron chi connectivity index (χ4n) is 0.388. The molecule has 0 aliphatic rings. The molecule has 0 fully saturated rings. The van der Waals surface area contributed by atoms with Crippen LogP contribution in [0.3, 0.4) is 0 Å². The lowest BCUT2D eigenvalue weighted by atomic mass is 10.4. The van der Waals surface area contributed by atoms with E-state index in [4.69, 9.17) is 5.11 Å². The summed E-state index contributed by atoms with van der Waals surface area (Å²) in [5.74, 6) is -1.06. The first-order chi connectivity index (χ1) is 5.95. The highest BCUT2D eigenvalue weighted by molar-refractivity contribution is 5.86. The molecule has 0 saturated heterocycles. The minimum absolute atomic E-state index is 0.292. The molecule has 76 valence electrons. The Morgan fingerprint density at radius 2 is 1.92 bits per heavy atom. The molecule has 0 aliphatic carbocycles. The Balaban J connectivity index is 0. The van der Waals surface area contributed by atoms with Crippen LogP contribution in [0.1, 0.15) is 26.7 Å². The summed E-state index contributed by atoms with van der Waals surface area (Å²) in [5.41, 5.74) is 0.433. The third-order valence-corrected chi connectivity index (χ3v) is 0.998. The number of carboxylic acids is 1. The second-order valence-corrected chi connectivity index (χ2v) is 2.42. The summed E-state index contributed by atoms with van der Waals surface area (Å²) in [5, 5.41) is 7.91. The van der Waals surface area contributed by atoms with Crippen molar-refractivity contribution in [2.75, 3.05) is 7.11 Å². The van der Waals surface area contributed by atoms with E-state index in [1.54, 1.807) is 6.92 Å². The highest BCUT2D eigenvalue weighted by Crippen LogP contribution is 1.87. The fourth-order valence-corrected chi connectivity index (χ4v) is 0.388. The quantitative estimate of drug-likeness (QED) is 0.539. The predicted molar refractivity (Wildman–Crippen MR) is 49.4 cm³/mol. The number of hydrogen-bond donors (Lipinski definition) is 1. The normalized spacial score (nSPS) is 7.92. The molecule has 0 unspecified atom stereocenters. The van der Waals surface area contributed by atoms with E-state index in [2.05, 4.69) is 11.3 Å². The summed E-state index contributed by atoms with van der Waals surface area (Å²) < 4.78 is 4.27. The summed E-state index contributed by atoms with van der Waals surface area (Å²) in [4.78, 5) is 19.8. The Labute approximate surface area is 78.2 Å². The molecule has 0 radical (unpaired) electrons. The zero-order valence-electron chi connectivity index (χ0n) is 8.29. The van der Waals surface area contributed by atoms with Crippen molar-refractivity contribution in [3.8, 4) is 0 Å². The maximum Gasteiger partial charge on any atom is 0.332 e. The monoisotopic (exact) mass is 188 g/mol. The number of ether oxygens (including phenoxy) is 1. The highest BCUT2D eigenvalue weighted by Gasteiger charge is 1.95. The van der Waals surface area contributed by atoms with Crippen molar-refractivity contribution in [1.29, 1.82) is 0 Å². The summed E-state index contributed by atoms with van der Waals surface area (Å²) in [6.07, 6.45) is 1.02. The van der Waals surface area contributed by atoms with Gasteiger partial charge in [0.25, 0.3) is 0 Å². The number of methoxy groups -OCH3 is 1. The Morgan fingerprint density at radius 1 is 1.46 bits per heavy atom. The Bertz CT molecular complexity index is 184. The van der Waals surface area contributed by atoms with Gasteiger partial charge in [-0.25, -0.2) is 4.79 Å². The van der Waals surface area contributed by atoms with Gasteiger partial charge in [0.15, 0.2) is 0 Å². The van der Waals surface area contributed by atoms with Crippen LogP contribution < -0.4 is 0 Å². The lowest BCUT2D eigenvalue weighted by molar-refractivity contribution is -0.137. The van der Waals surface area contributed by atoms with Crippen molar-refractivity contribution < 1.29 is 19.4 Å². The highest BCUT2D eigenvalue weighted by atomic mass is 16.5. The van der Waals surface area contributed by atoms with Crippen molar-refractivity contribution >= 4 is 11.9 Å². The number of rotatable bonds is 3. The summed E-state index contributed by atoms with van der Waals surface area (Å²) in [6.45, 7) is 6.80. The molecule has 4 nitrogen and oxygen atoms in total. The SMILES string of the molecule is C=C(C)C(=O)OC.CCCC(=O)O. The van der Waals surface area contributed by atoms with Crippen molar-refractivity contribution in [1.82, 2.24) is 0 Å². The van der Waals surface area contributed by atoms with E-state index in [1.165, 1.54) is 7.11 Å². The first kappa shape index (κ1) is 14.2. The van der Waals surface area contributed by atoms with Gasteiger partial charge in [-0.2, -0.15) is 0 Å². The van der Waals surface area contributed by atoms with Gasteiger partial charge in [-0.15, -0.1) is 0 Å². The fraction of sp³-hybridized carbons (Fsp3) is 0.556. The van der Waals surface area contributed by atoms with Gasteiger partial charge >= 0.3 is 11.9 Å². The molecule has 0 aliphatic heterocycles. The van der Waals surface area contributed by atoms with Gasteiger partial charge in [0.2, 0.25) is 0 Å². The van der Waals surface area contributed by atoms with Crippen LogP contribution in [0, 0.1) is 0 Å². The average molecular weight is 188 g/mol. The maximum atomic E-state index is 10.2. The molecule has 0 amide bonds. The lowest BCUT2D eigenvalue weighted by Gasteiger charge is -1.91. The van der Waals surface area contributed by atoms with E-state index in [0.717, 1.165) is 6.42 Å². The van der Waals surface area contributed by atoms with Crippen LogP contribution in [-0.4, -0.2) is 24.2 Å². The minimum Gasteiger partial charge on any atom is -0.481 e. The van der Waals surface area contributed by atoms with Gasteiger partial charge < -0.3 is 9.84 Å². The molecule has 0 atom stereocenters. The van der Waals surface area contributed by atoms with Crippen molar-refractivity contribution in [3.05, 3.63) is 12.2 Å². The molecule has 1 N–H and O–H groups in total. The molecule has 0 aromatic rings. The standard InChI is InChI=1S/C5H8O2.C4H8O2/c1-4(2)5(6)7-3;1-2-3-4(5)6/h1H2,2-3H3;2-3H2,1H3,(H,5,6). The molecule has 0 rings (SSSR count). The average Bonchev–Trinajstić information content (AvgIpc) is 2.03. The topological polar surface area (TPSA) is 63.6 Å². The zero-order chi connectivity index (χ0) is 10.9. The first-order valence-corrected chi connectivity index (χ1v) is 3.91. The van der Waals surface area contributed by atoms with Gasteiger partial charge in [-0.05, 0) is 13.3 Å². The molecule has 0 spiro atoms. The van der Waals surface area contributed by atoms with Gasteiger partial charge in [-0.3, -0.25) is 4.79 Å². The van der Waals surface area contributed by atoms with E-state index in [-0.39, 0.29) is 5.97 Å². The molecule has 0 aromatic carbocycles. The molecule has 0 bridgehead atoms. The number of carbonyl (C=O) groups is 2. The van der Waals surface area contributed by atoms with Crippen LogP contribution in [0.5, 0.6) is 0 Å². The molecular weight excluding hydrogens is 172 g/mol. The maximum absolute atomic E-state index is 10.2. The van der Waals surface area contributed by atoms with Crippen LogP contribution in [0.4, 0.5) is 0 Å². The van der Waals surface area contributed by atoms with Gasteiger partial charge in [0, 0.05) is 12.0 Å². The largest absolute Gasteiger partial charge is 0.481 e. The van der Waals surface area contributed by atoms with Gasteiger partial charge in [0.05, 0.1) is 7.11 Å². The smallest absolute Gasteiger partial charge is 0.332 e. The van der Waals surface area contributed by atoms with Gasteiger partial charge in [-0.1, -0.05) is 13.5 Å². The zero-order valence-corrected chi connectivity index (χ0v) is 8.29. The van der Waals surface area contributed by atoms with E-state index in [9.17, 15) is 9.59 Å². The Kier molecular flexibility index (Phi) is 9.60. The molecule has 4 heteroatoms. The molecular formula is C9H16O4. The molecule has 0 aromatic heterocycles. The van der Waals surface area contributed by atoms with Crippen LogP contribution in [0.15, 0.2) is 12.2 Å². The van der Waals surface area contributed by atoms with Crippen molar-refractivity contribution in [3.63, 3.8) is 0 Å². The molecule has 0 saturated carbocycles. The van der Waals surface area contributed by atoms with Crippen LogP contribution in [0.25, 0.3) is 0 Å². The third-order valence-electron chi connectivity index (χ3n) is 0.998. The van der Waals surface area contributed by atoms with Crippen LogP contribution in [0.2, 0.25) is 0 Å². The summed E-state index contributed by atoms with van der Waals surface area (Å²) >= 11 is 0. The Hall–Kier alpha value is -1.32. The number of carbonyl (C=O) groups excluding carboxylic acids is 1. The molecule has 13 heavy (non-hydrogen) atoms. The number of hydrogen-bond acceptors (Lipinski definition) is 3. The number of esters is 1. The summed E-state index contributed by atoms with van der Waals surface area (Å²) in [6, 6.07) is 0. The Morgan fingerprint density at radius 3 is 1.92 bits per heavy atom. The van der Waals surface area contributed by atoms with E-state index < -0.39 is 5.97 Å². The third kappa shape index (κ3) is 13.6. The number of aliphatic carboxylic acids is 1. The second kappa shape index (κ2) is 8.77. The van der Waals surface area contributed by atoms with E-state index in [0.29, 0.717) is 12.0 Å². The first-order valence-electron chi connectivity index (χ1n) is 3.91. The number of carboxylic acid groups (broad SMARTS) is 1. The second-order valence-electron chi connectivity index (χ2n) is 2.42. The lowest BCUT2D eigenvalue weighted by Crippen LogP contribution is -1.98. The van der Waals surface area contributed by atoms with Crippen molar-refractivity contribution in [2.45, 2.75) is 26.7 Å². The minimum atomic E-state index is -0.711. The van der Waals surface area contributed by atoms with E-state index >= 15 is 0 Å². The summed E-state index contributed by atoms with van der Waals surface area (Å²) in [7, 11) is 1.33. The van der Waals surface area contributed by atoms with Crippen LogP contribution in [-0.2, 0) is 14.3 Å². The molecule has 0 heterocycles. The van der Waals surface area contributed by atoms with E-state index in [1.807, 2.05) is 6.92 Å². The predicted octanol–water partition coefficient (Wildman–Crippen LogP) is 1.61. The van der Waals surface area contributed by atoms with Crippen molar-refractivity contribution in [2.24, 2.45) is 0 Å². The van der Waals surface area contributed by atoms with Crippen LogP contribution >= 0.6 is 0 Å².